The summed E-state index contributed by atoms with van der Waals surface area (Å²) in [6.07, 6.45) is 2.42. The Labute approximate surface area is 131 Å². The average Bonchev–Trinajstić information content (AvgIpc) is 3.11. The summed E-state index contributed by atoms with van der Waals surface area (Å²) in [5, 5.41) is 4.48. The molecule has 4 rings (SSSR count). The van der Waals surface area contributed by atoms with Gasteiger partial charge >= 0.3 is 0 Å². The van der Waals surface area contributed by atoms with Gasteiger partial charge < -0.3 is 14.6 Å². The van der Waals surface area contributed by atoms with Crippen LogP contribution in [0.2, 0.25) is 0 Å². The highest BCUT2D eigenvalue weighted by molar-refractivity contribution is 9.10. The molecule has 2 aromatic rings. The number of furan rings is 1. The first-order valence-corrected chi connectivity index (χ1v) is 8.22. The Morgan fingerprint density at radius 1 is 1.38 bits per heavy atom. The van der Waals surface area contributed by atoms with Crippen LogP contribution in [-0.4, -0.2) is 36.5 Å². The Morgan fingerprint density at radius 3 is 3.10 bits per heavy atom. The monoisotopic (exact) mass is 348 g/mol. The van der Waals surface area contributed by atoms with Crippen molar-refractivity contribution in [3.63, 3.8) is 0 Å². The van der Waals surface area contributed by atoms with E-state index in [1.54, 1.807) is 0 Å². The predicted octanol–water partition coefficient (Wildman–Crippen LogP) is 3.02. The van der Waals surface area contributed by atoms with E-state index in [-0.39, 0.29) is 5.91 Å². The molecule has 110 valence electrons. The van der Waals surface area contributed by atoms with Crippen LogP contribution in [0.4, 0.5) is 0 Å². The number of hydrogen-bond acceptors (Lipinski definition) is 3. The van der Waals surface area contributed by atoms with Crippen LogP contribution in [0.15, 0.2) is 33.2 Å². The fourth-order valence-electron chi connectivity index (χ4n) is 3.50. The molecule has 3 heterocycles. The number of benzene rings is 1. The van der Waals surface area contributed by atoms with E-state index in [9.17, 15) is 4.79 Å². The smallest absolute Gasteiger partial charge is 0.289 e. The number of carbonyl (C=O) groups is 1. The lowest BCUT2D eigenvalue weighted by atomic mass is 9.94. The second-order valence-corrected chi connectivity index (χ2v) is 6.80. The van der Waals surface area contributed by atoms with Crippen molar-refractivity contribution in [3.8, 4) is 0 Å². The Morgan fingerprint density at radius 2 is 2.29 bits per heavy atom. The molecule has 2 fully saturated rings. The van der Waals surface area contributed by atoms with Crippen molar-refractivity contribution >= 4 is 32.8 Å². The molecule has 0 saturated carbocycles. The number of rotatable bonds is 1. The summed E-state index contributed by atoms with van der Waals surface area (Å²) in [4.78, 5) is 14.6. The minimum atomic E-state index is 0.00861. The van der Waals surface area contributed by atoms with E-state index in [0.717, 1.165) is 35.1 Å². The number of fused-ring (bicyclic) bond motifs is 2. The molecule has 1 amide bonds. The van der Waals surface area contributed by atoms with E-state index in [4.69, 9.17) is 4.42 Å². The van der Waals surface area contributed by atoms with Crippen molar-refractivity contribution in [2.24, 2.45) is 5.92 Å². The maximum atomic E-state index is 12.7. The van der Waals surface area contributed by atoms with E-state index in [0.29, 0.717) is 17.7 Å². The number of likely N-dealkylation sites (tertiary alicyclic amines) is 1. The van der Waals surface area contributed by atoms with Crippen LogP contribution < -0.4 is 5.32 Å². The predicted molar refractivity (Wildman–Crippen MR) is 84.3 cm³/mol. The third kappa shape index (κ3) is 2.28. The minimum absolute atomic E-state index is 0.00861. The molecule has 5 heteroatoms. The van der Waals surface area contributed by atoms with E-state index in [1.165, 1.54) is 12.8 Å². The lowest BCUT2D eigenvalue weighted by Gasteiger charge is -2.24. The fourth-order valence-corrected chi connectivity index (χ4v) is 3.96. The molecule has 1 aromatic carbocycles. The van der Waals surface area contributed by atoms with Gasteiger partial charge in [-0.2, -0.15) is 0 Å². The molecule has 2 unspecified atom stereocenters. The second-order valence-electron chi connectivity index (χ2n) is 5.94. The van der Waals surface area contributed by atoms with Crippen molar-refractivity contribution in [2.45, 2.75) is 18.9 Å². The van der Waals surface area contributed by atoms with Crippen LogP contribution in [0, 0.1) is 5.92 Å². The van der Waals surface area contributed by atoms with Gasteiger partial charge in [0.2, 0.25) is 0 Å². The minimum Gasteiger partial charge on any atom is -0.450 e. The first-order valence-electron chi connectivity index (χ1n) is 7.43. The summed E-state index contributed by atoms with van der Waals surface area (Å²) in [5.74, 6) is 1.05. The summed E-state index contributed by atoms with van der Waals surface area (Å²) in [5.41, 5.74) is 0.746. The lowest BCUT2D eigenvalue weighted by molar-refractivity contribution is 0.0756. The molecule has 1 aromatic heterocycles. The van der Waals surface area contributed by atoms with Gasteiger partial charge in [-0.05, 0) is 53.4 Å². The molecule has 2 aliphatic heterocycles. The van der Waals surface area contributed by atoms with Crippen LogP contribution in [0.3, 0.4) is 0 Å². The Hall–Kier alpha value is -1.33. The molecule has 21 heavy (non-hydrogen) atoms. The number of amides is 1. The molecule has 2 atom stereocenters. The summed E-state index contributed by atoms with van der Waals surface area (Å²) in [7, 11) is 0. The van der Waals surface area contributed by atoms with Crippen LogP contribution in [0.25, 0.3) is 11.0 Å². The van der Waals surface area contributed by atoms with Gasteiger partial charge in [-0.15, -0.1) is 0 Å². The number of piperidine rings is 1. The van der Waals surface area contributed by atoms with Crippen molar-refractivity contribution in [3.05, 3.63) is 34.5 Å². The molecule has 0 bridgehead atoms. The molecule has 2 saturated heterocycles. The molecule has 0 spiro atoms. The molecular weight excluding hydrogens is 332 g/mol. The fraction of sp³-hybridized carbons (Fsp3) is 0.438. The summed E-state index contributed by atoms with van der Waals surface area (Å²) in [6.45, 7) is 2.71. The van der Waals surface area contributed by atoms with E-state index in [1.807, 2.05) is 29.2 Å². The maximum Gasteiger partial charge on any atom is 0.289 e. The van der Waals surface area contributed by atoms with Crippen LogP contribution in [0.1, 0.15) is 23.4 Å². The normalized spacial score (nSPS) is 25.3. The van der Waals surface area contributed by atoms with Gasteiger partial charge in [0.1, 0.15) is 5.58 Å². The van der Waals surface area contributed by atoms with Gasteiger partial charge in [0.25, 0.3) is 5.91 Å². The largest absolute Gasteiger partial charge is 0.450 e. The summed E-state index contributed by atoms with van der Waals surface area (Å²) < 4.78 is 6.65. The highest BCUT2D eigenvalue weighted by Gasteiger charge is 2.37. The van der Waals surface area contributed by atoms with Crippen LogP contribution in [-0.2, 0) is 0 Å². The molecule has 1 N–H and O–H groups in total. The van der Waals surface area contributed by atoms with E-state index >= 15 is 0 Å². The Kier molecular flexibility index (Phi) is 3.27. The maximum absolute atomic E-state index is 12.7. The zero-order valence-electron chi connectivity index (χ0n) is 11.6. The highest BCUT2D eigenvalue weighted by atomic mass is 79.9. The van der Waals surface area contributed by atoms with Gasteiger partial charge in [0.15, 0.2) is 5.76 Å². The van der Waals surface area contributed by atoms with Gasteiger partial charge in [-0.25, -0.2) is 0 Å². The Balaban J connectivity index is 1.60. The number of para-hydroxylation sites is 1. The van der Waals surface area contributed by atoms with Crippen molar-refractivity contribution < 1.29 is 9.21 Å². The first-order chi connectivity index (χ1) is 10.2. The second kappa shape index (κ2) is 5.14. The first kappa shape index (κ1) is 13.3. The summed E-state index contributed by atoms with van der Waals surface area (Å²) >= 11 is 3.46. The molecule has 2 aliphatic rings. The highest BCUT2D eigenvalue weighted by Crippen LogP contribution is 2.30. The SMILES string of the molecule is O=C(c1cc2cccc(Br)c2o1)N1CC2CCCNC2C1. The standard InChI is InChI=1S/C16H17BrN2O2/c17-12-5-1-3-10-7-14(21-15(10)12)16(20)19-8-11-4-2-6-18-13(11)9-19/h1,3,5,7,11,13,18H,2,4,6,8-9H2. The van der Waals surface area contributed by atoms with Gasteiger partial charge in [0, 0.05) is 24.5 Å². The lowest BCUT2D eigenvalue weighted by Crippen LogP contribution is -2.41. The van der Waals surface area contributed by atoms with Crippen molar-refractivity contribution in [1.29, 1.82) is 0 Å². The van der Waals surface area contributed by atoms with Crippen molar-refractivity contribution in [2.75, 3.05) is 19.6 Å². The number of carbonyl (C=O) groups excluding carboxylic acids is 1. The summed E-state index contributed by atoms with van der Waals surface area (Å²) in [6, 6.07) is 8.14. The molecule has 0 radical (unpaired) electrons. The van der Waals surface area contributed by atoms with Gasteiger partial charge in [0.05, 0.1) is 4.47 Å². The number of hydrogen-bond donors (Lipinski definition) is 1. The third-order valence-corrected chi connectivity index (χ3v) is 5.22. The zero-order valence-corrected chi connectivity index (χ0v) is 13.2. The molecular formula is C16H17BrN2O2. The van der Waals surface area contributed by atoms with E-state index in [2.05, 4.69) is 21.2 Å². The van der Waals surface area contributed by atoms with Crippen LogP contribution >= 0.6 is 15.9 Å². The third-order valence-electron chi connectivity index (χ3n) is 4.59. The van der Waals surface area contributed by atoms with E-state index < -0.39 is 0 Å². The number of nitrogens with one attached hydrogen (secondary N) is 1. The van der Waals surface area contributed by atoms with Crippen molar-refractivity contribution in [1.82, 2.24) is 10.2 Å². The topological polar surface area (TPSA) is 45.5 Å². The van der Waals surface area contributed by atoms with Gasteiger partial charge in [-0.1, -0.05) is 12.1 Å². The Bertz CT molecular complexity index is 683. The average molecular weight is 349 g/mol. The molecule has 0 aliphatic carbocycles. The zero-order chi connectivity index (χ0) is 14.4. The molecule has 4 nitrogen and oxygen atoms in total. The number of halogens is 1. The van der Waals surface area contributed by atoms with Crippen LogP contribution in [0.5, 0.6) is 0 Å². The van der Waals surface area contributed by atoms with Gasteiger partial charge in [-0.3, -0.25) is 4.79 Å². The number of nitrogens with zero attached hydrogens (tertiary/aromatic N) is 1. The quantitative estimate of drug-likeness (QED) is 0.861.